The molecule has 0 saturated carbocycles. The lowest BCUT2D eigenvalue weighted by Crippen LogP contribution is -2.09. The van der Waals surface area contributed by atoms with Gasteiger partial charge in [0.1, 0.15) is 23.5 Å². The van der Waals surface area contributed by atoms with Crippen LogP contribution in [0.4, 0.5) is 4.39 Å². The van der Waals surface area contributed by atoms with Crippen molar-refractivity contribution in [1.29, 1.82) is 0 Å². The number of nitrogens with zero attached hydrogens (tertiary/aromatic N) is 7. The molecule has 5 aromatic rings. The van der Waals surface area contributed by atoms with Crippen molar-refractivity contribution < 1.29 is 9.13 Å². The van der Waals surface area contributed by atoms with Crippen LogP contribution in [0.5, 0.6) is 5.88 Å². The quantitative estimate of drug-likeness (QED) is 0.434. The largest absolute Gasteiger partial charge is 0.481 e. The molecule has 8 nitrogen and oxygen atoms in total. The number of pyridine rings is 1. The number of hydrogen-bond donors (Lipinski definition) is 0. The number of hydrogen-bond acceptors (Lipinski definition) is 6. The van der Waals surface area contributed by atoms with Crippen LogP contribution in [0.1, 0.15) is 18.5 Å². The lowest BCUT2D eigenvalue weighted by Gasteiger charge is -2.10. The Morgan fingerprint density at radius 2 is 1.94 bits per heavy atom. The molecule has 9 heteroatoms. The summed E-state index contributed by atoms with van der Waals surface area (Å²) in [5, 5.41) is 9.91. The van der Waals surface area contributed by atoms with Gasteiger partial charge in [0.05, 0.1) is 30.4 Å². The van der Waals surface area contributed by atoms with E-state index in [1.807, 2.05) is 19.1 Å². The zero-order valence-corrected chi connectivity index (χ0v) is 16.8. The number of aromatic nitrogens is 7. The Hall–Kier alpha value is -4.14. The van der Waals surface area contributed by atoms with E-state index in [4.69, 9.17) is 9.84 Å². The molecule has 0 radical (unpaired) electrons. The molecule has 0 aliphatic carbocycles. The maximum absolute atomic E-state index is 14.2. The molecule has 4 heterocycles. The fraction of sp³-hybridized carbons (Fsp3) is 0.136. The first kappa shape index (κ1) is 18.9. The molecule has 31 heavy (non-hydrogen) atoms. The molecule has 4 aromatic heterocycles. The minimum Gasteiger partial charge on any atom is -0.481 e. The van der Waals surface area contributed by atoms with Gasteiger partial charge in [0, 0.05) is 24.0 Å². The third-order valence-electron chi connectivity index (χ3n) is 5.10. The smallest absolute Gasteiger partial charge is 0.213 e. The summed E-state index contributed by atoms with van der Waals surface area (Å²) in [4.78, 5) is 13.1. The summed E-state index contributed by atoms with van der Waals surface area (Å²) in [6.07, 6.45) is 6.70. The van der Waals surface area contributed by atoms with E-state index in [0.29, 0.717) is 28.6 Å². The minimum atomic E-state index is -0.339. The van der Waals surface area contributed by atoms with Crippen LogP contribution in [0.2, 0.25) is 0 Å². The zero-order valence-electron chi connectivity index (χ0n) is 16.8. The topological polar surface area (TPSA) is 83.5 Å². The van der Waals surface area contributed by atoms with Gasteiger partial charge in [-0.3, -0.25) is 0 Å². The Labute approximate surface area is 177 Å². The molecular formula is C22H18FN7O. The van der Waals surface area contributed by atoms with Crippen molar-refractivity contribution >= 4 is 11.0 Å². The van der Waals surface area contributed by atoms with Crippen LogP contribution in [-0.4, -0.2) is 41.6 Å². The maximum Gasteiger partial charge on any atom is 0.213 e. The van der Waals surface area contributed by atoms with Gasteiger partial charge in [-0.25, -0.2) is 28.7 Å². The van der Waals surface area contributed by atoms with Gasteiger partial charge in [-0.1, -0.05) is 18.2 Å². The van der Waals surface area contributed by atoms with E-state index in [-0.39, 0.29) is 11.9 Å². The number of rotatable bonds is 5. The van der Waals surface area contributed by atoms with Gasteiger partial charge in [-0.15, -0.1) is 0 Å². The average Bonchev–Trinajstić information content (AvgIpc) is 3.45. The molecule has 0 N–H and O–H groups in total. The number of methoxy groups -OCH3 is 1. The number of fused-ring (bicyclic) bond motifs is 1. The molecule has 0 spiro atoms. The highest BCUT2D eigenvalue weighted by molar-refractivity contribution is 5.89. The molecule has 1 aromatic carbocycles. The number of ether oxygens (including phenoxy) is 1. The van der Waals surface area contributed by atoms with Crippen LogP contribution in [0.25, 0.3) is 28.1 Å². The first-order valence-electron chi connectivity index (χ1n) is 9.65. The van der Waals surface area contributed by atoms with Crippen molar-refractivity contribution in [3.05, 3.63) is 78.8 Å². The van der Waals surface area contributed by atoms with Gasteiger partial charge in [-0.05, 0) is 25.1 Å². The summed E-state index contributed by atoms with van der Waals surface area (Å²) >= 11 is 0. The molecule has 154 valence electrons. The monoisotopic (exact) mass is 415 g/mol. The van der Waals surface area contributed by atoms with Crippen LogP contribution >= 0.6 is 0 Å². The van der Waals surface area contributed by atoms with E-state index < -0.39 is 0 Å². The van der Waals surface area contributed by atoms with E-state index in [2.05, 4.69) is 20.1 Å². The third kappa shape index (κ3) is 3.29. The lowest BCUT2D eigenvalue weighted by molar-refractivity contribution is 0.398. The van der Waals surface area contributed by atoms with E-state index in [0.717, 1.165) is 10.9 Å². The van der Waals surface area contributed by atoms with Gasteiger partial charge >= 0.3 is 0 Å². The molecule has 1 atom stereocenters. The highest BCUT2D eigenvalue weighted by atomic mass is 19.1. The summed E-state index contributed by atoms with van der Waals surface area (Å²) in [6.45, 7) is 1.99. The molecule has 0 aliphatic heterocycles. The summed E-state index contributed by atoms with van der Waals surface area (Å²) in [5.41, 5.74) is 3.22. The average molecular weight is 415 g/mol. The van der Waals surface area contributed by atoms with Gasteiger partial charge in [0.25, 0.3) is 0 Å². The lowest BCUT2D eigenvalue weighted by atomic mass is 10.2. The molecule has 0 bridgehead atoms. The Morgan fingerprint density at radius 3 is 2.77 bits per heavy atom. The fourth-order valence-electron chi connectivity index (χ4n) is 3.46. The van der Waals surface area contributed by atoms with E-state index in [9.17, 15) is 4.39 Å². The molecule has 0 fully saturated rings. The number of halogens is 1. The van der Waals surface area contributed by atoms with Crippen LogP contribution in [0.15, 0.2) is 67.4 Å². The van der Waals surface area contributed by atoms with Crippen molar-refractivity contribution in [2.45, 2.75) is 13.0 Å². The van der Waals surface area contributed by atoms with Crippen LogP contribution in [-0.2, 0) is 0 Å². The molecule has 5 rings (SSSR count). The summed E-state index contributed by atoms with van der Waals surface area (Å²) in [5.74, 6) is 0.157. The Morgan fingerprint density at radius 1 is 1.06 bits per heavy atom. The second-order valence-corrected chi connectivity index (χ2v) is 6.96. The van der Waals surface area contributed by atoms with Crippen LogP contribution < -0.4 is 4.74 Å². The molecule has 0 amide bonds. The predicted molar refractivity (Wildman–Crippen MR) is 112 cm³/mol. The van der Waals surface area contributed by atoms with Crippen molar-refractivity contribution in [2.24, 2.45) is 0 Å². The van der Waals surface area contributed by atoms with Crippen molar-refractivity contribution in [2.75, 3.05) is 7.11 Å². The molecular weight excluding hydrogens is 397 g/mol. The first-order chi connectivity index (χ1) is 15.2. The van der Waals surface area contributed by atoms with Crippen molar-refractivity contribution in [3.8, 4) is 23.0 Å². The normalized spacial score (nSPS) is 12.2. The van der Waals surface area contributed by atoms with Gasteiger partial charge in [0.15, 0.2) is 5.65 Å². The molecule has 0 saturated heterocycles. The SMILES string of the molecule is COc1cccc(-c2nn(C(C)c3cnn(-c4ccccc4F)c3)c3ncncc23)n1. The predicted octanol–water partition coefficient (Wildman–Crippen LogP) is 3.83. The molecule has 0 aliphatic rings. The van der Waals surface area contributed by atoms with Crippen LogP contribution in [0.3, 0.4) is 0 Å². The van der Waals surface area contributed by atoms with E-state index >= 15 is 0 Å². The summed E-state index contributed by atoms with van der Waals surface area (Å²) in [7, 11) is 1.57. The van der Waals surface area contributed by atoms with E-state index in [1.54, 1.807) is 54.6 Å². The third-order valence-corrected chi connectivity index (χ3v) is 5.10. The van der Waals surface area contributed by atoms with Gasteiger partial charge in [0.2, 0.25) is 5.88 Å². The summed E-state index contributed by atoms with van der Waals surface area (Å²) < 4.78 is 22.7. The fourth-order valence-corrected chi connectivity index (χ4v) is 3.46. The van der Waals surface area contributed by atoms with Crippen molar-refractivity contribution in [3.63, 3.8) is 0 Å². The first-order valence-corrected chi connectivity index (χ1v) is 9.65. The minimum absolute atomic E-state index is 0.211. The second kappa shape index (κ2) is 7.60. The number of benzene rings is 1. The Balaban J connectivity index is 1.59. The Kier molecular flexibility index (Phi) is 4.62. The standard InChI is InChI=1S/C22H18FN7O/c1-14(15-10-26-29(12-15)19-8-4-3-6-17(19)23)30-22-16(11-24-13-25-22)21(28-30)18-7-5-9-20(27-18)31-2/h3-14H,1-2H3. The van der Waals surface area contributed by atoms with Crippen LogP contribution in [0, 0.1) is 5.82 Å². The van der Waals surface area contributed by atoms with Gasteiger partial charge < -0.3 is 4.74 Å². The Bertz CT molecular complexity index is 1380. The summed E-state index contributed by atoms with van der Waals surface area (Å²) in [6, 6.07) is 11.8. The van der Waals surface area contributed by atoms with Crippen molar-refractivity contribution in [1.82, 2.24) is 34.5 Å². The maximum atomic E-state index is 14.2. The zero-order chi connectivity index (χ0) is 21.4. The van der Waals surface area contributed by atoms with E-state index in [1.165, 1.54) is 17.1 Å². The number of para-hydroxylation sites is 1. The second-order valence-electron chi connectivity index (χ2n) is 6.96. The highest BCUT2D eigenvalue weighted by Gasteiger charge is 2.21. The highest BCUT2D eigenvalue weighted by Crippen LogP contribution is 2.30. The van der Waals surface area contributed by atoms with Gasteiger partial charge in [-0.2, -0.15) is 10.2 Å². The molecule has 1 unspecified atom stereocenters.